The lowest BCUT2D eigenvalue weighted by molar-refractivity contribution is -0.142. The Labute approximate surface area is 265 Å². The van der Waals surface area contributed by atoms with Crippen molar-refractivity contribution in [2.45, 2.75) is 58.2 Å². The van der Waals surface area contributed by atoms with Crippen LogP contribution in [0.2, 0.25) is 0 Å². The number of carbonyl (C=O) groups is 2. The van der Waals surface area contributed by atoms with Crippen molar-refractivity contribution in [3.63, 3.8) is 0 Å². The second kappa shape index (κ2) is 14.4. The highest BCUT2D eigenvalue weighted by Gasteiger charge is 2.42. The van der Waals surface area contributed by atoms with Gasteiger partial charge < -0.3 is 18.9 Å². The molecule has 0 N–H and O–H groups in total. The summed E-state index contributed by atoms with van der Waals surface area (Å²) in [4.78, 5) is 26.8. The molecule has 1 amide bonds. The van der Waals surface area contributed by atoms with Crippen LogP contribution in [0, 0.1) is 0 Å². The van der Waals surface area contributed by atoms with E-state index in [0.29, 0.717) is 17.7 Å². The van der Waals surface area contributed by atoms with Crippen LogP contribution in [0.1, 0.15) is 54.2 Å². The average molecular weight is 634 g/mol. The fourth-order valence-corrected chi connectivity index (χ4v) is 5.36. The number of rotatable bonds is 12. The first-order valence-corrected chi connectivity index (χ1v) is 15.0. The second-order valence-corrected chi connectivity index (χ2v) is 10.8. The van der Waals surface area contributed by atoms with E-state index < -0.39 is 35.9 Å². The third-order valence-corrected chi connectivity index (χ3v) is 7.61. The third-order valence-electron chi connectivity index (χ3n) is 7.61. The lowest BCUT2D eigenvalue weighted by Crippen LogP contribution is -2.33. The van der Waals surface area contributed by atoms with Crippen LogP contribution >= 0.6 is 0 Å². The molecule has 0 bridgehead atoms. The van der Waals surface area contributed by atoms with Crippen LogP contribution in [0.4, 0.5) is 18.0 Å². The zero-order chi connectivity index (χ0) is 32.7. The molecule has 1 fully saturated rings. The summed E-state index contributed by atoms with van der Waals surface area (Å²) in [6, 6.07) is 26.3. The molecule has 46 heavy (non-hydrogen) atoms. The number of ether oxygens (including phenoxy) is 4. The number of halogens is 3. The van der Waals surface area contributed by atoms with E-state index in [1.807, 2.05) is 67.6 Å². The van der Waals surface area contributed by atoms with Gasteiger partial charge in [-0.25, -0.2) is 4.79 Å². The molecule has 10 heteroatoms. The van der Waals surface area contributed by atoms with Gasteiger partial charge >= 0.3 is 18.2 Å². The van der Waals surface area contributed by atoms with E-state index in [-0.39, 0.29) is 43.2 Å². The highest BCUT2D eigenvalue weighted by molar-refractivity contribution is 5.73. The van der Waals surface area contributed by atoms with Crippen molar-refractivity contribution >= 4 is 12.1 Å². The Balaban J connectivity index is 1.49. The molecule has 2 unspecified atom stereocenters. The number of amides is 1. The topological polar surface area (TPSA) is 74.3 Å². The van der Waals surface area contributed by atoms with Crippen molar-refractivity contribution < 1.29 is 41.7 Å². The van der Waals surface area contributed by atoms with Crippen molar-refractivity contribution in [2.24, 2.45) is 0 Å². The molecule has 1 heterocycles. The molecule has 0 aromatic heterocycles. The summed E-state index contributed by atoms with van der Waals surface area (Å²) in [5, 5.41) is 0. The standard InChI is InChI=1S/C36H34F3NO6/c1-3-29-34(26-13-9-6-10-14-26)46-35(42)40(29)22-27-21-28(36(37,38)39)16-18-30(27)45-32-19-25(20-33(41)43-4-2)15-17-31(32)44-23-24-11-7-5-8-12-24/h5-19,21,29,34H,3-4,20,22-23H2,1-2H3. The van der Waals surface area contributed by atoms with Crippen LogP contribution in [-0.4, -0.2) is 29.6 Å². The van der Waals surface area contributed by atoms with Gasteiger partial charge in [0.05, 0.1) is 31.2 Å². The van der Waals surface area contributed by atoms with Crippen LogP contribution in [0.5, 0.6) is 17.2 Å². The molecule has 5 rings (SSSR count). The van der Waals surface area contributed by atoms with Gasteiger partial charge in [-0.1, -0.05) is 73.7 Å². The van der Waals surface area contributed by atoms with Crippen LogP contribution in [0.25, 0.3) is 0 Å². The number of hydrogen-bond acceptors (Lipinski definition) is 6. The summed E-state index contributed by atoms with van der Waals surface area (Å²) >= 11 is 0. The zero-order valence-corrected chi connectivity index (χ0v) is 25.5. The maximum Gasteiger partial charge on any atom is 0.416 e. The molecule has 1 saturated heterocycles. The zero-order valence-electron chi connectivity index (χ0n) is 25.5. The van der Waals surface area contributed by atoms with Crippen LogP contribution in [0.15, 0.2) is 97.1 Å². The molecule has 2 atom stereocenters. The van der Waals surface area contributed by atoms with E-state index in [1.54, 1.807) is 25.1 Å². The Hall–Kier alpha value is -4.99. The smallest absolute Gasteiger partial charge is 0.416 e. The second-order valence-electron chi connectivity index (χ2n) is 10.8. The molecular formula is C36H34F3NO6. The van der Waals surface area contributed by atoms with Gasteiger partial charge in [-0.2, -0.15) is 13.2 Å². The Kier molecular flexibility index (Phi) is 10.1. The van der Waals surface area contributed by atoms with Gasteiger partial charge in [-0.15, -0.1) is 0 Å². The molecule has 0 radical (unpaired) electrons. The Morgan fingerprint density at radius 1 is 0.848 bits per heavy atom. The number of esters is 1. The first-order valence-electron chi connectivity index (χ1n) is 15.0. The van der Waals surface area contributed by atoms with Gasteiger partial charge in [0.1, 0.15) is 18.5 Å². The number of hydrogen-bond donors (Lipinski definition) is 0. The van der Waals surface area contributed by atoms with Crippen molar-refractivity contribution in [1.82, 2.24) is 4.90 Å². The molecule has 4 aromatic carbocycles. The molecule has 7 nitrogen and oxygen atoms in total. The summed E-state index contributed by atoms with van der Waals surface area (Å²) in [6.07, 6.45) is -5.37. The maximum absolute atomic E-state index is 13.9. The summed E-state index contributed by atoms with van der Waals surface area (Å²) in [7, 11) is 0. The highest BCUT2D eigenvalue weighted by atomic mass is 19.4. The van der Waals surface area contributed by atoms with E-state index in [9.17, 15) is 22.8 Å². The maximum atomic E-state index is 13.9. The molecule has 0 spiro atoms. The van der Waals surface area contributed by atoms with Gasteiger partial charge in [0.25, 0.3) is 0 Å². The predicted molar refractivity (Wildman–Crippen MR) is 164 cm³/mol. The number of nitrogens with zero attached hydrogens (tertiary/aromatic N) is 1. The number of carbonyl (C=O) groups excluding carboxylic acids is 2. The summed E-state index contributed by atoms with van der Waals surface area (Å²) < 4.78 is 64.8. The van der Waals surface area contributed by atoms with Crippen molar-refractivity contribution in [3.05, 3.63) is 125 Å². The highest BCUT2D eigenvalue weighted by Crippen LogP contribution is 2.41. The SMILES string of the molecule is CCOC(=O)Cc1ccc(OCc2ccccc2)c(Oc2ccc(C(F)(F)F)cc2CN2C(=O)OC(c3ccccc3)C2CC)c1. The monoisotopic (exact) mass is 633 g/mol. The summed E-state index contributed by atoms with van der Waals surface area (Å²) in [5.41, 5.74) is 1.50. The van der Waals surface area contributed by atoms with E-state index in [4.69, 9.17) is 18.9 Å². The lowest BCUT2D eigenvalue weighted by atomic mass is 9.99. The van der Waals surface area contributed by atoms with Gasteiger partial charge in [0.15, 0.2) is 11.5 Å². The average Bonchev–Trinajstić information content (AvgIpc) is 3.36. The minimum Gasteiger partial charge on any atom is -0.485 e. The fraction of sp³-hybridized carbons (Fsp3) is 0.278. The summed E-state index contributed by atoms with van der Waals surface area (Å²) in [5.74, 6) is 0.166. The van der Waals surface area contributed by atoms with E-state index in [2.05, 4.69) is 0 Å². The molecule has 1 aliphatic rings. The van der Waals surface area contributed by atoms with E-state index in [0.717, 1.165) is 23.3 Å². The van der Waals surface area contributed by atoms with Crippen molar-refractivity contribution in [1.29, 1.82) is 0 Å². The Bertz CT molecular complexity index is 1650. The van der Waals surface area contributed by atoms with E-state index in [1.165, 1.54) is 11.0 Å². The number of cyclic esters (lactones) is 1. The lowest BCUT2D eigenvalue weighted by Gasteiger charge is -2.25. The molecule has 240 valence electrons. The third kappa shape index (κ3) is 7.80. The minimum atomic E-state index is -4.63. The van der Waals surface area contributed by atoms with Crippen LogP contribution in [-0.2, 0) is 40.0 Å². The first-order chi connectivity index (χ1) is 22.2. The molecule has 4 aromatic rings. The largest absolute Gasteiger partial charge is 0.485 e. The molecule has 0 saturated carbocycles. The summed E-state index contributed by atoms with van der Waals surface area (Å²) in [6.45, 7) is 3.83. The van der Waals surface area contributed by atoms with Gasteiger partial charge in [-0.05, 0) is 60.4 Å². The molecular weight excluding hydrogens is 599 g/mol. The Morgan fingerprint density at radius 2 is 1.54 bits per heavy atom. The predicted octanol–water partition coefficient (Wildman–Crippen LogP) is 8.65. The number of alkyl halides is 3. The van der Waals surface area contributed by atoms with Crippen molar-refractivity contribution in [2.75, 3.05) is 6.61 Å². The fourth-order valence-electron chi connectivity index (χ4n) is 5.36. The first kappa shape index (κ1) is 32.4. The van der Waals surface area contributed by atoms with Gasteiger partial charge in [0, 0.05) is 5.56 Å². The van der Waals surface area contributed by atoms with Crippen LogP contribution < -0.4 is 9.47 Å². The van der Waals surface area contributed by atoms with Crippen LogP contribution in [0.3, 0.4) is 0 Å². The molecule has 0 aliphatic carbocycles. The normalized spacial score (nSPS) is 16.2. The molecule has 1 aliphatic heterocycles. The van der Waals surface area contributed by atoms with Gasteiger partial charge in [-0.3, -0.25) is 9.69 Å². The Morgan fingerprint density at radius 3 is 2.22 bits per heavy atom. The number of benzene rings is 4. The van der Waals surface area contributed by atoms with Crippen molar-refractivity contribution in [3.8, 4) is 17.2 Å². The quantitative estimate of drug-likeness (QED) is 0.145. The van der Waals surface area contributed by atoms with E-state index >= 15 is 0 Å². The van der Waals surface area contributed by atoms with Gasteiger partial charge in [0.2, 0.25) is 0 Å². The minimum absolute atomic E-state index is 0.0400.